The van der Waals surface area contributed by atoms with Gasteiger partial charge in [-0.3, -0.25) is 9.59 Å². The summed E-state index contributed by atoms with van der Waals surface area (Å²) in [5.74, 6) is -0.414. The number of aliphatic hydroxyl groups excluding tert-OH is 1. The van der Waals surface area contributed by atoms with Crippen LogP contribution in [0.4, 0.5) is 0 Å². The zero-order chi connectivity index (χ0) is 41.1. The van der Waals surface area contributed by atoms with Crippen molar-refractivity contribution in [1.82, 2.24) is 10.6 Å². The maximum Gasteiger partial charge on any atom is 0.261 e. The van der Waals surface area contributed by atoms with E-state index in [0.29, 0.717) is 0 Å². The van der Waals surface area contributed by atoms with Gasteiger partial charge < -0.3 is 29.4 Å². The van der Waals surface area contributed by atoms with Crippen LogP contribution < -0.4 is 31.4 Å². The van der Waals surface area contributed by atoms with Crippen molar-refractivity contribution >= 4 is 83.0 Å². The van der Waals surface area contributed by atoms with Crippen molar-refractivity contribution in [3.05, 3.63) is 121 Å². The highest BCUT2D eigenvalue weighted by atomic mass is 127. The van der Waals surface area contributed by atoms with Crippen molar-refractivity contribution in [2.24, 2.45) is 0 Å². The van der Waals surface area contributed by atoms with E-state index in [1.807, 2.05) is 84.8 Å². The van der Waals surface area contributed by atoms with Gasteiger partial charge in [-0.1, -0.05) is 170 Å². The molecule has 4 aromatic rings. The average molecular weight is 894 g/mol. The summed E-state index contributed by atoms with van der Waals surface area (Å²) in [5.41, 5.74) is 0. The molecule has 0 fully saturated rings. The summed E-state index contributed by atoms with van der Waals surface area (Å²) in [7, 11) is -5.33. The van der Waals surface area contributed by atoms with Gasteiger partial charge in [-0.05, 0) is 30.8 Å². The summed E-state index contributed by atoms with van der Waals surface area (Å²) >= 11 is 2.16. The molecule has 12 heteroatoms. The maximum absolute atomic E-state index is 11.4. The molecule has 1 radical (unpaired) electrons. The molecule has 0 spiro atoms. The Morgan fingerprint density at radius 1 is 0.655 bits per heavy atom. The van der Waals surface area contributed by atoms with Crippen LogP contribution in [-0.2, 0) is 23.2 Å². The van der Waals surface area contributed by atoms with Gasteiger partial charge in [0.1, 0.15) is 12.3 Å². The highest BCUT2D eigenvalue weighted by Crippen LogP contribution is 2.38. The van der Waals surface area contributed by atoms with Crippen molar-refractivity contribution in [2.45, 2.75) is 84.4 Å². The largest absolute Gasteiger partial charge is 0.405 e. The first kappa shape index (κ1) is 47.7. The highest BCUT2D eigenvalue weighted by Gasteiger charge is 2.51. The van der Waals surface area contributed by atoms with Gasteiger partial charge in [0, 0.05) is 13.8 Å². The predicted molar refractivity (Wildman–Crippen MR) is 241 cm³/mol. The monoisotopic (exact) mass is 893 g/mol. The number of benzene rings is 4. The number of carbonyl (C=O) groups excluding carboxylic acids is 3. The Kier molecular flexibility index (Phi) is 20.0. The van der Waals surface area contributed by atoms with Crippen molar-refractivity contribution < 1.29 is 28.3 Å². The molecule has 0 saturated carbocycles. The summed E-state index contributed by atoms with van der Waals surface area (Å²) in [5, 5.41) is 21.4. The lowest BCUT2D eigenvalue weighted by Crippen LogP contribution is -2.67. The molecule has 55 heavy (non-hydrogen) atoms. The van der Waals surface area contributed by atoms with E-state index in [9.17, 15) is 19.5 Å². The lowest BCUT2D eigenvalue weighted by molar-refractivity contribution is -0.122. The van der Waals surface area contributed by atoms with Gasteiger partial charge in [0.2, 0.25) is 11.8 Å². The third-order valence-electron chi connectivity index (χ3n) is 8.99. The van der Waals surface area contributed by atoms with E-state index in [1.54, 1.807) is 0 Å². The van der Waals surface area contributed by atoms with Crippen LogP contribution in [0.15, 0.2) is 121 Å². The minimum atomic E-state index is -2.69. The summed E-state index contributed by atoms with van der Waals surface area (Å²) in [6.45, 7) is 18.2. The number of hydrogen-bond donors (Lipinski definition) is 3. The van der Waals surface area contributed by atoms with Crippen LogP contribution in [0.25, 0.3) is 0 Å². The second-order valence-electron chi connectivity index (χ2n) is 15.2. The van der Waals surface area contributed by atoms with E-state index >= 15 is 0 Å². The molecule has 4 rings (SSSR count). The average Bonchev–Trinajstić information content (AvgIpc) is 3.15. The lowest BCUT2D eigenvalue weighted by atomic mass is 10.2. The molecule has 8 nitrogen and oxygen atoms in total. The van der Waals surface area contributed by atoms with E-state index in [4.69, 9.17) is 8.85 Å². The van der Waals surface area contributed by atoms with Gasteiger partial charge in [-0.25, -0.2) is 0 Å². The van der Waals surface area contributed by atoms with Crippen LogP contribution in [0.1, 0.15) is 55.4 Å². The van der Waals surface area contributed by atoms with E-state index in [1.165, 1.54) is 24.2 Å². The van der Waals surface area contributed by atoms with Crippen molar-refractivity contribution in [2.75, 3.05) is 19.8 Å². The normalized spacial score (nSPS) is 12.7. The number of rotatable bonds is 14. The molecule has 0 heterocycles. The second-order valence-corrected chi connectivity index (χ2v) is 25.0. The minimum Gasteiger partial charge on any atom is -0.405 e. The number of aldehydes is 1. The summed E-state index contributed by atoms with van der Waals surface area (Å²) in [6, 6.07) is 40.0. The van der Waals surface area contributed by atoms with Crippen LogP contribution >= 0.6 is 22.4 Å². The zero-order valence-electron chi connectivity index (χ0n) is 33.8. The second kappa shape index (κ2) is 23.0. The molecule has 3 N–H and O–H groups in total. The van der Waals surface area contributed by atoms with Gasteiger partial charge in [-0.15, -0.1) is 0 Å². The Morgan fingerprint density at radius 3 is 1.18 bits per heavy atom. The third kappa shape index (κ3) is 13.4. The topological polar surface area (TPSA) is 114 Å². The molecule has 0 bridgehead atoms. The number of hydrogen-bond acceptors (Lipinski definition) is 6. The Balaban J connectivity index is 0.000000355. The fraction of sp³-hybridized carbons (Fsp3) is 0.372. The Labute approximate surface area is 345 Å². The first-order valence-corrected chi connectivity index (χ1v) is 23.6. The van der Waals surface area contributed by atoms with Gasteiger partial charge >= 0.3 is 0 Å². The van der Waals surface area contributed by atoms with Crippen LogP contribution in [0.5, 0.6) is 0 Å². The standard InChI is InChI=1S/C21H29NO3Si.C21H27NO3Si.CH3BI/c2*1-17(24)22-18(15-23)16-25-26(21(2,3)4,19-11-7-5-8-12-19)20-13-9-6-10-14-20;1-2-3/h5-14,18,23H,15-16H2,1-4H3,(H,22,24);5-15,18H,16H2,1-4H3,(H,22,24);1H3. The first-order valence-electron chi connectivity index (χ1n) is 18.5. The van der Waals surface area contributed by atoms with Crippen molar-refractivity contribution in [3.63, 3.8) is 0 Å². The van der Waals surface area contributed by atoms with E-state index in [2.05, 4.69) is 123 Å². The van der Waals surface area contributed by atoms with Gasteiger partial charge in [-0.2, -0.15) is 22.4 Å². The van der Waals surface area contributed by atoms with Gasteiger partial charge in [0.05, 0.1) is 25.9 Å². The molecule has 0 aliphatic heterocycles. The van der Waals surface area contributed by atoms with E-state index < -0.39 is 28.7 Å². The summed E-state index contributed by atoms with van der Waals surface area (Å²) in [6.07, 6.45) is 0.735. The number of carbonyl (C=O) groups is 3. The van der Waals surface area contributed by atoms with Crippen LogP contribution in [0.3, 0.4) is 0 Å². The highest BCUT2D eigenvalue weighted by molar-refractivity contribution is 14.1. The Morgan fingerprint density at radius 2 is 0.945 bits per heavy atom. The molecule has 4 aromatic carbocycles. The summed E-state index contributed by atoms with van der Waals surface area (Å²) in [4.78, 5) is 34.2. The molecule has 2 atom stereocenters. The molecule has 0 saturated heterocycles. The minimum absolute atomic E-state index is 0.133. The summed E-state index contributed by atoms with van der Waals surface area (Å²) < 4.78 is 13.3. The van der Waals surface area contributed by atoms with Gasteiger partial charge in [0.15, 0.2) is 5.14 Å². The molecule has 295 valence electrons. The van der Waals surface area contributed by atoms with Crippen LogP contribution in [0, 0.1) is 0 Å². The Bertz CT molecular complexity index is 1630. The number of amides is 2. The molecule has 0 aliphatic rings. The van der Waals surface area contributed by atoms with E-state index in [0.717, 1.165) is 16.7 Å². The SMILES string of the molecule is CC(=O)NC(C=O)CO[Si](c1ccccc1)(c1ccccc1)C(C)(C)C.CC(=O)NC(CO)CO[Si](c1ccccc1)(c1ccccc1)C(C)(C)C.C[B]I. The van der Waals surface area contributed by atoms with E-state index in [-0.39, 0.29) is 41.7 Å². The smallest absolute Gasteiger partial charge is 0.261 e. The third-order valence-corrected chi connectivity index (χ3v) is 19.0. The first-order chi connectivity index (χ1) is 26.0. The van der Waals surface area contributed by atoms with Crippen LogP contribution in [0.2, 0.25) is 16.9 Å². The predicted octanol–water partition coefficient (Wildman–Crippen LogP) is 5.42. The van der Waals surface area contributed by atoms with Crippen molar-refractivity contribution in [1.29, 1.82) is 0 Å². The molecular formula is C43H59BIN2O6Si2. The molecule has 2 unspecified atom stereocenters. The fourth-order valence-corrected chi connectivity index (χ4v) is 16.0. The van der Waals surface area contributed by atoms with Crippen LogP contribution in [-0.4, -0.2) is 76.9 Å². The zero-order valence-corrected chi connectivity index (χ0v) is 38.0. The fourth-order valence-electron chi connectivity index (χ4n) is 6.77. The quantitative estimate of drug-likeness (QED) is 0.0887. The van der Waals surface area contributed by atoms with Crippen molar-refractivity contribution in [3.8, 4) is 0 Å². The lowest BCUT2D eigenvalue weighted by Gasteiger charge is -2.43. The molecule has 0 aliphatic carbocycles. The molecule has 0 aromatic heterocycles. The number of halogens is 1. The molecule has 2 amide bonds. The number of nitrogens with one attached hydrogen (secondary N) is 2. The number of aliphatic hydroxyl groups is 1. The Hall–Kier alpha value is -3.40. The molecular weight excluding hydrogens is 834 g/mol. The maximum atomic E-state index is 11.4. The van der Waals surface area contributed by atoms with Gasteiger partial charge in [0.25, 0.3) is 16.6 Å².